The monoisotopic (exact) mass is 908 g/mol. The highest BCUT2D eigenvalue weighted by Gasteiger charge is 2.37. The van der Waals surface area contributed by atoms with Crippen molar-refractivity contribution in [1.82, 2.24) is 40.4 Å². The van der Waals surface area contributed by atoms with Gasteiger partial charge in [-0.25, -0.2) is 19.6 Å². The van der Waals surface area contributed by atoms with Gasteiger partial charge in [-0.2, -0.15) is 0 Å². The molecule has 0 bridgehead atoms. The van der Waals surface area contributed by atoms with E-state index < -0.39 is 18.2 Å². The Morgan fingerprint density at radius 2 is 1.21 bits per heavy atom. The molecule has 2 aromatic heterocycles. The fraction of sp³-hybridized carbons (Fsp3) is 0.222. The lowest BCUT2D eigenvalue weighted by Crippen LogP contribution is -2.42. The minimum absolute atomic E-state index is 0.126. The van der Waals surface area contributed by atoms with Gasteiger partial charge in [0.25, 0.3) is 5.91 Å². The van der Waals surface area contributed by atoms with Crippen LogP contribution < -0.4 is 10.6 Å². The quantitative estimate of drug-likeness (QED) is 0.104. The summed E-state index contributed by atoms with van der Waals surface area (Å²) in [4.78, 5) is 71.2. The van der Waals surface area contributed by atoms with Gasteiger partial charge in [-0.3, -0.25) is 9.59 Å². The van der Waals surface area contributed by atoms with Gasteiger partial charge >= 0.3 is 12.2 Å². The molecule has 6 aromatic carbocycles. The highest BCUT2D eigenvalue weighted by molar-refractivity contribution is 6.05. The van der Waals surface area contributed by atoms with E-state index in [4.69, 9.17) is 14.7 Å². The molecular weight excluding hydrogens is 857 g/mol. The number of alkyl carbamates (subject to hydrolysis) is 2. The first kappa shape index (κ1) is 46.1. The highest BCUT2D eigenvalue weighted by Crippen LogP contribution is 2.37. The molecule has 0 aliphatic carbocycles. The molecule has 3 atom stereocenters. The van der Waals surface area contributed by atoms with Crippen LogP contribution in [0.3, 0.4) is 0 Å². The molecule has 2 aliphatic heterocycles. The number of rotatable bonds is 9. The molecular formula is C54H52N8O6. The number of aromatic amines is 2. The smallest absolute Gasteiger partial charge is 0.407 e. The number of hydrogen-bond acceptors (Lipinski definition) is 8. The second-order valence-corrected chi connectivity index (χ2v) is 16.4. The number of H-pyrrole nitrogens is 2. The van der Waals surface area contributed by atoms with Gasteiger partial charge in [0.1, 0.15) is 24.2 Å². The number of imidazole rings is 2. The maximum Gasteiger partial charge on any atom is 0.407 e. The van der Waals surface area contributed by atoms with E-state index in [0.717, 1.165) is 92.4 Å². The lowest BCUT2D eigenvalue weighted by atomic mass is 9.98. The number of aromatic nitrogens is 4. The van der Waals surface area contributed by atoms with Crippen molar-refractivity contribution in [3.05, 3.63) is 157 Å². The second kappa shape index (κ2) is 21.2. The molecule has 2 aliphatic rings. The zero-order chi connectivity index (χ0) is 47.6. The summed E-state index contributed by atoms with van der Waals surface area (Å²) in [6.45, 7) is 1.03. The first-order chi connectivity index (χ1) is 33.3. The van der Waals surface area contributed by atoms with E-state index in [9.17, 15) is 19.2 Å². The summed E-state index contributed by atoms with van der Waals surface area (Å²) in [5, 5.41) is 7.27. The maximum atomic E-state index is 14.0. The summed E-state index contributed by atoms with van der Waals surface area (Å²) in [6.07, 6.45) is 9.91. The standard InChI is InChI=1S/C46H44N8O6.C6H6.C2H2/c1-59-45(57)47-26-39(55)53-22-6-10-37(53)42-48-34-20-17-31(25-36(34)50-42)28-14-12-27(13-15-28)30-16-19-33-32(24-30)18-21-35-41(33)51-43(49-35)38-11-7-23-54(38)44(56)40(52-46(58)60-2)29-8-4-3-5-9-29;1-2-4-6-5-3-1;1-2/h3-5,8-9,12-21,24-25,37-38,40H,6-7,10-11,22-23,26H2,1-2H3,(H,47,57)(H,48,50)(H,49,51)(H,52,58);1-6H;1-2H/t37-,38-,40+;;/m0../s1. The Labute approximate surface area is 394 Å². The number of nitrogens with one attached hydrogen (secondary N) is 4. The molecule has 14 nitrogen and oxygen atoms in total. The van der Waals surface area contributed by atoms with Crippen LogP contribution in [-0.4, -0.2) is 87.6 Å². The van der Waals surface area contributed by atoms with Crippen molar-refractivity contribution < 1.29 is 28.7 Å². The van der Waals surface area contributed by atoms with Gasteiger partial charge in [0, 0.05) is 18.5 Å². The predicted molar refractivity (Wildman–Crippen MR) is 263 cm³/mol. The van der Waals surface area contributed by atoms with Crippen LogP contribution in [0.15, 0.2) is 140 Å². The summed E-state index contributed by atoms with van der Waals surface area (Å²) in [7, 11) is 2.55. The van der Waals surface area contributed by atoms with Gasteiger partial charge < -0.3 is 39.9 Å². The average molecular weight is 909 g/mol. The maximum absolute atomic E-state index is 14.0. The Morgan fingerprint density at radius 3 is 1.87 bits per heavy atom. The number of amides is 4. The third-order valence-corrected chi connectivity index (χ3v) is 12.3. The minimum Gasteiger partial charge on any atom is -0.453 e. The normalized spacial score (nSPS) is 15.7. The van der Waals surface area contributed by atoms with Crippen LogP contribution in [0.1, 0.15) is 61.0 Å². The van der Waals surface area contributed by atoms with Crippen LogP contribution in [0.4, 0.5) is 9.59 Å². The summed E-state index contributed by atoms with van der Waals surface area (Å²) in [6, 6.07) is 45.0. The van der Waals surface area contributed by atoms with E-state index in [2.05, 4.69) is 98.8 Å². The lowest BCUT2D eigenvalue weighted by molar-refractivity contribution is -0.134. The molecule has 344 valence electrons. The number of methoxy groups -OCH3 is 2. The van der Waals surface area contributed by atoms with Crippen LogP contribution in [0.2, 0.25) is 0 Å². The van der Waals surface area contributed by atoms with Crippen LogP contribution in [0, 0.1) is 12.8 Å². The van der Waals surface area contributed by atoms with Crippen molar-refractivity contribution in [1.29, 1.82) is 0 Å². The van der Waals surface area contributed by atoms with Crippen molar-refractivity contribution in [2.24, 2.45) is 0 Å². The van der Waals surface area contributed by atoms with E-state index in [0.29, 0.717) is 18.7 Å². The van der Waals surface area contributed by atoms with Crippen LogP contribution in [0.5, 0.6) is 0 Å². The zero-order valence-electron chi connectivity index (χ0n) is 37.9. The van der Waals surface area contributed by atoms with Crippen molar-refractivity contribution in [2.45, 2.75) is 43.8 Å². The summed E-state index contributed by atoms with van der Waals surface area (Å²) < 4.78 is 9.46. The Balaban J connectivity index is 0.000000718. The zero-order valence-corrected chi connectivity index (χ0v) is 37.9. The predicted octanol–water partition coefficient (Wildman–Crippen LogP) is 9.64. The van der Waals surface area contributed by atoms with E-state index in [1.165, 1.54) is 14.2 Å². The first-order valence-corrected chi connectivity index (χ1v) is 22.5. The molecule has 10 rings (SSSR count). The fourth-order valence-corrected chi connectivity index (χ4v) is 9.03. The topological polar surface area (TPSA) is 175 Å². The molecule has 4 N–H and O–H groups in total. The number of likely N-dealkylation sites (tertiary alicyclic amines) is 2. The Hall–Kier alpha value is -8.44. The molecule has 68 heavy (non-hydrogen) atoms. The van der Waals surface area contributed by atoms with E-state index in [1.807, 2.05) is 83.8 Å². The average Bonchev–Trinajstić information content (AvgIpc) is 4.25. The minimum atomic E-state index is -0.886. The number of carbonyl (C=O) groups is 4. The van der Waals surface area contributed by atoms with Crippen molar-refractivity contribution in [3.8, 4) is 35.1 Å². The van der Waals surface area contributed by atoms with Gasteiger partial charge in [0.05, 0.1) is 48.4 Å². The Morgan fingerprint density at radius 1 is 0.647 bits per heavy atom. The third kappa shape index (κ3) is 10.0. The van der Waals surface area contributed by atoms with E-state index in [-0.39, 0.29) is 30.4 Å². The van der Waals surface area contributed by atoms with Gasteiger partial charge in [-0.1, -0.05) is 115 Å². The largest absolute Gasteiger partial charge is 0.453 e. The lowest BCUT2D eigenvalue weighted by Gasteiger charge is -2.28. The first-order valence-electron chi connectivity index (χ1n) is 22.5. The molecule has 14 heteroatoms. The molecule has 2 fully saturated rings. The number of carbonyl (C=O) groups excluding carboxylic acids is 4. The van der Waals surface area contributed by atoms with Crippen molar-refractivity contribution in [3.63, 3.8) is 0 Å². The van der Waals surface area contributed by atoms with Gasteiger partial charge in [-0.05, 0) is 83.2 Å². The number of fused-ring (bicyclic) bond motifs is 4. The molecule has 4 amide bonds. The van der Waals surface area contributed by atoms with Crippen LogP contribution in [0.25, 0.3) is 55.1 Å². The number of nitrogens with zero attached hydrogens (tertiary/aromatic N) is 4. The Bertz CT molecular complexity index is 3030. The van der Waals surface area contributed by atoms with Crippen molar-refractivity contribution in [2.75, 3.05) is 33.9 Å². The fourth-order valence-electron chi connectivity index (χ4n) is 9.03. The molecule has 0 saturated carbocycles. The second-order valence-electron chi connectivity index (χ2n) is 16.4. The highest BCUT2D eigenvalue weighted by atomic mass is 16.5. The Kier molecular flexibility index (Phi) is 14.4. The van der Waals surface area contributed by atoms with Gasteiger partial charge in [0.15, 0.2) is 0 Å². The summed E-state index contributed by atoms with van der Waals surface area (Å²) in [5.41, 5.74) is 8.39. The number of hydrogen-bond donors (Lipinski definition) is 4. The van der Waals surface area contributed by atoms with E-state index in [1.54, 1.807) is 4.90 Å². The number of terminal acetylenes is 1. The molecule has 8 aromatic rings. The molecule has 0 radical (unpaired) electrons. The third-order valence-electron chi connectivity index (χ3n) is 12.3. The van der Waals surface area contributed by atoms with Crippen molar-refractivity contribution >= 4 is 56.8 Å². The van der Waals surface area contributed by atoms with E-state index >= 15 is 0 Å². The molecule has 0 spiro atoms. The number of ether oxygens (including phenoxy) is 2. The molecule has 2 saturated heterocycles. The SMILES string of the molecule is C#C.COC(=O)NCC(=O)N1CCC[C@H]1c1nc2ccc(-c3ccc(-c4ccc5c(ccc6[nH]c([C@@H]7CCCN7C(=O)[C@H](NC(=O)OC)c7ccccc7)nc65)c4)cc3)cc2[nH]1.c1ccccc1. The van der Waals surface area contributed by atoms with Gasteiger partial charge in [-0.15, -0.1) is 12.8 Å². The van der Waals surface area contributed by atoms with Gasteiger partial charge in [0.2, 0.25) is 5.91 Å². The van der Waals surface area contributed by atoms with Crippen LogP contribution >= 0.6 is 0 Å². The summed E-state index contributed by atoms with van der Waals surface area (Å²) in [5.74, 6) is 1.07. The molecule has 0 unspecified atom stereocenters. The number of benzene rings is 6. The summed E-state index contributed by atoms with van der Waals surface area (Å²) >= 11 is 0. The van der Waals surface area contributed by atoms with Crippen LogP contribution in [-0.2, 0) is 19.1 Å². The molecule has 4 heterocycles.